The first kappa shape index (κ1) is 12.8. The lowest BCUT2D eigenvalue weighted by Crippen LogP contribution is -2.27. The molecule has 0 aromatic heterocycles. The normalized spacial score (nSPS) is 23.8. The van der Waals surface area contributed by atoms with Gasteiger partial charge >= 0.3 is 0 Å². The summed E-state index contributed by atoms with van der Waals surface area (Å²) in [5.41, 5.74) is 0.993. The minimum Gasteiger partial charge on any atom is -0.495 e. The summed E-state index contributed by atoms with van der Waals surface area (Å²) in [5, 5.41) is 12.8. The summed E-state index contributed by atoms with van der Waals surface area (Å²) < 4.78 is 5.34. The number of hydrogen-bond acceptors (Lipinski definition) is 3. The lowest BCUT2D eigenvalue weighted by atomic mass is 9.96. The van der Waals surface area contributed by atoms with Gasteiger partial charge in [0.25, 0.3) is 0 Å². The summed E-state index contributed by atoms with van der Waals surface area (Å²) >= 11 is 0. The van der Waals surface area contributed by atoms with Crippen molar-refractivity contribution in [2.24, 2.45) is 5.92 Å². The zero-order chi connectivity index (χ0) is 12.8. The summed E-state index contributed by atoms with van der Waals surface area (Å²) in [5.74, 6) is 0.954. The van der Waals surface area contributed by atoms with Crippen molar-refractivity contribution in [3.05, 3.63) is 24.3 Å². The molecule has 0 bridgehead atoms. The molecule has 1 fully saturated rings. The molecule has 3 heteroatoms. The Labute approximate surface area is 109 Å². The van der Waals surface area contributed by atoms with E-state index in [0.717, 1.165) is 24.3 Å². The van der Waals surface area contributed by atoms with Gasteiger partial charge in [-0.2, -0.15) is 5.26 Å². The maximum Gasteiger partial charge on any atom is 0.141 e. The highest BCUT2D eigenvalue weighted by Crippen LogP contribution is 2.30. The molecular formula is C15H20N2O. The topological polar surface area (TPSA) is 45.0 Å². The van der Waals surface area contributed by atoms with Crippen LogP contribution in [0.1, 0.15) is 32.1 Å². The lowest BCUT2D eigenvalue weighted by Gasteiger charge is -2.23. The highest BCUT2D eigenvalue weighted by Gasteiger charge is 2.23. The molecule has 1 saturated carbocycles. The van der Waals surface area contributed by atoms with Gasteiger partial charge in [-0.1, -0.05) is 31.4 Å². The fourth-order valence-electron chi connectivity index (χ4n) is 2.60. The van der Waals surface area contributed by atoms with E-state index in [1.54, 1.807) is 7.11 Å². The van der Waals surface area contributed by atoms with Crippen LogP contribution in [0, 0.1) is 17.2 Å². The Morgan fingerprint density at radius 2 is 2.00 bits per heavy atom. The molecule has 0 heterocycles. The Morgan fingerprint density at radius 1 is 1.22 bits per heavy atom. The van der Waals surface area contributed by atoms with Crippen LogP contribution in [0.15, 0.2) is 24.3 Å². The van der Waals surface area contributed by atoms with Crippen LogP contribution in [0.4, 0.5) is 5.69 Å². The Hall–Kier alpha value is -1.69. The second-order valence-electron chi connectivity index (χ2n) is 4.82. The molecule has 96 valence electrons. The van der Waals surface area contributed by atoms with Crippen molar-refractivity contribution in [2.45, 2.75) is 38.1 Å². The van der Waals surface area contributed by atoms with Crippen LogP contribution < -0.4 is 10.1 Å². The largest absolute Gasteiger partial charge is 0.495 e. The molecule has 1 N–H and O–H groups in total. The maximum absolute atomic E-state index is 9.27. The van der Waals surface area contributed by atoms with Crippen LogP contribution in [-0.2, 0) is 0 Å². The predicted octanol–water partition coefficient (Wildman–Crippen LogP) is 3.58. The van der Waals surface area contributed by atoms with Gasteiger partial charge in [0.05, 0.1) is 24.8 Å². The van der Waals surface area contributed by atoms with E-state index in [1.165, 1.54) is 19.3 Å². The maximum atomic E-state index is 9.27. The van der Waals surface area contributed by atoms with Gasteiger partial charge in [0.15, 0.2) is 0 Å². The van der Waals surface area contributed by atoms with Gasteiger partial charge in [-0.05, 0) is 25.0 Å². The van der Waals surface area contributed by atoms with Crippen molar-refractivity contribution in [2.75, 3.05) is 12.4 Å². The van der Waals surface area contributed by atoms with Crippen LogP contribution >= 0.6 is 0 Å². The van der Waals surface area contributed by atoms with E-state index in [0.29, 0.717) is 0 Å². The summed E-state index contributed by atoms with van der Waals surface area (Å²) in [6.07, 6.45) is 5.68. The summed E-state index contributed by atoms with van der Waals surface area (Å²) in [7, 11) is 1.68. The van der Waals surface area contributed by atoms with Crippen LogP contribution in [0.25, 0.3) is 0 Å². The van der Waals surface area contributed by atoms with Crippen LogP contribution in [-0.4, -0.2) is 13.2 Å². The molecule has 1 aliphatic carbocycles. The molecular weight excluding hydrogens is 224 g/mol. The van der Waals surface area contributed by atoms with E-state index in [4.69, 9.17) is 4.74 Å². The molecule has 1 aliphatic rings. The summed E-state index contributed by atoms with van der Waals surface area (Å²) in [4.78, 5) is 0. The fraction of sp³-hybridized carbons (Fsp3) is 0.533. The number of methoxy groups -OCH3 is 1. The number of ether oxygens (including phenoxy) is 1. The van der Waals surface area contributed by atoms with E-state index in [1.807, 2.05) is 24.3 Å². The van der Waals surface area contributed by atoms with Gasteiger partial charge < -0.3 is 10.1 Å². The quantitative estimate of drug-likeness (QED) is 0.826. The number of nitrogens with zero attached hydrogens (tertiary/aromatic N) is 1. The van der Waals surface area contributed by atoms with Gasteiger partial charge in [0.1, 0.15) is 5.75 Å². The summed E-state index contributed by atoms with van der Waals surface area (Å²) in [6.45, 7) is 0. The second-order valence-corrected chi connectivity index (χ2v) is 4.82. The van der Waals surface area contributed by atoms with E-state index in [2.05, 4.69) is 11.4 Å². The fourth-order valence-corrected chi connectivity index (χ4v) is 2.60. The van der Waals surface area contributed by atoms with Crippen molar-refractivity contribution in [3.8, 4) is 11.8 Å². The molecule has 18 heavy (non-hydrogen) atoms. The van der Waals surface area contributed by atoms with Crippen LogP contribution in [0.2, 0.25) is 0 Å². The average Bonchev–Trinajstić information content (AvgIpc) is 2.64. The summed E-state index contributed by atoms with van der Waals surface area (Å²) in [6, 6.07) is 10.6. The van der Waals surface area contributed by atoms with Gasteiger partial charge in [-0.25, -0.2) is 0 Å². The Balaban J connectivity index is 2.13. The Bertz CT molecular complexity index is 425. The molecule has 2 atom stereocenters. The first-order valence-electron chi connectivity index (χ1n) is 6.64. The van der Waals surface area contributed by atoms with E-state index >= 15 is 0 Å². The third-order valence-electron chi connectivity index (χ3n) is 3.63. The van der Waals surface area contributed by atoms with Gasteiger partial charge in [0.2, 0.25) is 0 Å². The van der Waals surface area contributed by atoms with Gasteiger partial charge in [-0.15, -0.1) is 0 Å². The third-order valence-corrected chi connectivity index (χ3v) is 3.63. The van der Waals surface area contributed by atoms with Crippen LogP contribution in [0.5, 0.6) is 5.75 Å². The van der Waals surface area contributed by atoms with Gasteiger partial charge in [0, 0.05) is 6.04 Å². The molecule has 0 aliphatic heterocycles. The smallest absolute Gasteiger partial charge is 0.141 e. The van der Waals surface area contributed by atoms with Gasteiger partial charge in [-0.3, -0.25) is 0 Å². The van der Waals surface area contributed by atoms with Crippen molar-refractivity contribution in [1.82, 2.24) is 0 Å². The molecule has 0 radical (unpaired) electrons. The SMILES string of the molecule is COc1ccccc1NC1CCCCCC1C#N. The third kappa shape index (κ3) is 2.95. The standard InChI is InChI=1S/C15H20N2O/c1-18-15-10-6-5-9-14(15)17-13-8-4-2-3-7-12(13)11-16/h5-6,9-10,12-13,17H,2-4,7-8H2,1H3. The number of nitrogens with one attached hydrogen (secondary N) is 1. The first-order valence-corrected chi connectivity index (χ1v) is 6.64. The zero-order valence-corrected chi connectivity index (χ0v) is 10.9. The van der Waals surface area contributed by atoms with E-state index in [-0.39, 0.29) is 12.0 Å². The minimum atomic E-state index is 0.109. The molecule has 0 spiro atoms. The van der Waals surface area contributed by atoms with Crippen LogP contribution in [0.3, 0.4) is 0 Å². The molecule has 0 amide bonds. The Morgan fingerprint density at radius 3 is 2.78 bits per heavy atom. The van der Waals surface area contributed by atoms with Crippen molar-refractivity contribution in [1.29, 1.82) is 5.26 Å². The van der Waals surface area contributed by atoms with Crippen molar-refractivity contribution < 1.29 is 4.74 Å². The monoisotopic (exact) mass is 244 g/mol. The minimum absolute atomic E-state index is 0.109. The molecule has 2 rings (SSSR count). The van der Waals surface area contributed by atoms with Crippen molar-refractivity contribution in [3.63, 3.8) is 0 Å². The molecule has 1 aromatic carbocycles. The number of hydrogen-bond donors (Lipinski definition) is 1. The molecule has 1 aromatic rings. The first-order chi connectivity index (χ1) is 8.85. The number of rotatable bonds is 3. The van der Waals surface area contributed by atoms with E-state index < -0.39 is 0 Å². The average molecular weight is 244 g/mol. The molecule has 3 nitrogen and oxygen atoms in total. The number of nitriles is 1. The predicted molar refractivity (Wildman–Crippen MR) is 72.6 cm³/mol. The number of anilines is 1. The number of para-hydroxylation sites is 2. The Kier molecular flexibility index (Phi) is 4.46. The lowest BCUT2D eigenvalue weighted by molar-refractivity contribution is 0.414. The second kappa shape index (κ2) is 6.30. The highest BCUT2D eigenvalue weighted by atomic mass is 16.5. The van der Waals surface area contributed by atoms with E-state index in [9.17, 15) is 5.26 Å². The zero-order valence-electron chi connectivity index (χ0n) is 10.9. The highest BCUT2D eigenvalue weighted by molar-refractivity contribution is 5.56. The number of benzene rings is 1. The molecule has 2 unspecified atom stereocenters. The van der Waals surface area contributed by atoms with Crippen molar-refractivity contribution >= 4 is 5.69 Å². The molecule has 0 saturated heterocycles.